The zero-order valence-electron chi connectivity index (χ0n) is 8.86. The number of aromatic nitrogens is 2. The molecule has 1 aromatic heterocycles. The number of imidazole rings is 1. The molecule has 2 aromatic rings. The molecule has 1 aromatic carbocycles. The summed E-state index contributed by atoms with van der Waals surface area (Å²) in [6.45, 7) is 0. The maximum absolute atomic E-state index is 13.4. The summed E-state index contributed by atoms with van der Waals surface area (Å²) in [5.41, 5.74) is -0.0394. The maximum Gasteiger partial charge on any atom is 0.194 e. The highest BCUT2D eigenvalue weighted by atomic mass is 19.2. The van der Waals surface area contributed by atoms with E-state index in [1.54, 1.807) is 7.05 Å². The van der Waals surface area contributed by atoms with E-state index in [0.717, 1.165) is 12.1 Å². The average molecular weight is 242 g/mol. The molecular weight excluding hydrogens is 233 g/mol. The molecule has 1 N–H and O–H groups in total. The van der Waals surface area contributed by atoms with E-state index in [4.69, 9.17) is 0 Å². The molecule has 1 atom stereocenters. The number of nitrogens with zero attached hydrogens (tertiary/aromatic N) is 2. The standard InChI is InChI=1S/C11H9F3N2O/c1-16-5-15-4-8(16)11(17)6-2-3-7(12)10(14)9(6)13/h2-5,11,17H,1H3. The van der Waals surface area contributed by atoms with Crippen LogP contribution in [-0.4, -0.2) is 14.7 Å². The number of rotatable bonds is 2. The summed E-state index contributed by atoms with van der Waals surface area (Å²) in [6, 6.07) is 1.78. The molecule has 6 heteroatoms. The van der Waals surface area contributed by atoms with Gasteiger partial charge < -0.3 is 9.67 Å². The Kier molecular flexibility index (Phi) is 2.89. The Morgan fingerprint density at radius 3 is 2.53 bits per heavy atom. The van der Waals surface area contributed by atoms with E-state index < -0.39 is 23.6 Å². The van der Waals surface area contributed by atoms with E-state index in [9.17, 15) is 18.3 Å². The summed E-state index contributed by atoms with van der Waals surface area (Å²) in [5, 5.41) is 9.87. The number of hydrogen-bond donors (Lipinski definition) is 1. The van der Waals surface area contributed by atoms with Crippen LogP contribution in [0.2, 0.25) is 0 Å². The lowest BCUT2D eigenvalue weighted by atomic mass is 10.1. The van der Waals surface area contributed by atoms with Crippen molar-refractivity contribution in [1.29, 1.82) is 0 Å². The van der Waals surface area contributed by atoms with Gasteiger partial charge in [0.05, 0.1) is 18.2 Å². The summed E-state index contributed by atoms with van der Waals surface area (Å²) < 4.78 is 40.6. The molecular formula is C11H9F3N2O. The second-order valence-electron chi connectivity index (χ2n) is 3.60. The second-order valence-corrected chi connectivity index (χ2v) is 3.60. The van der Waals surface area contributed by atoms with Gasteiger partial charge in [-0.1, -0.05) is 0 Å². The topological polar surface area (TPSA) is 38.0 Å². The largest absolute Gasteiger partial charge is 0.382 e. The van der Waals surface area contributed by atoms with Crippen molar-refractivity contribution in [2.75, 3.05) is 0 Å². The Hall–Kier alpha value is -1.82. The van der Waals surface area contributed by atoms with Crippen molar-refractivity contribution in [3.8, 4) is 0 Å². The molecule has 3 nitrogen and oxygen atoms in total. The molecule has 0 aliphatic carbocycles. The molecule has 0 saturated carbocycles. The highest BCUT2D eigenvalue weighted by Crippen LogP contribution is 2.26. The average Bonchev–Trinajstić information content (AvgIpc) is 2.72. The van der Waals surface area contributed by atoms with Crippen molar-refractivity contribution in [2.45, 2.75) is 6.10 Å². The van der Waals surface area contributed by atoms with Gasteiger partial charge in [-0.05, 0) is 12.1 Å². The Labute approximate surface area is 95.1 Å². The SMILES string of the molecule is Cn1cncc1C(O)c1ccc(F)c(F)c1F. The Balaban J connectivity index is 2.48. The summed E-state index contributed by atoms with van der Waals surface area (Å²) in [6.07, 6.45) is 1.35. The van der Waals surface area contributed by atoms with Crippen molar-refractivity contribution in [1.82, 2.24) is 9.55 Å². The van der Waals surface area contributed by atoms with Gasteiger partial charge in [-0.25, -0.2) is 18.2 Å². The lowest BCUT2D eigenvalue weighted by Gasteiger charge is -2.12. The summed E-state index contributed by atoms with van der Waals surface area (Å²) in [4.78, 5) is 3.75. The van der Waals surface area contributed by atoms with Crippen LogP contribution in [0.25, 0.3) is 0 Å². The van der Waals surface area contributed by atoms with Gasteiger partial charge in [-0.2, -0.15) is 0 Å². The van der Waals surface area contributed by atoms with Crippen LogP contribution in [0.1, 0.15) is 17.4 Å². The van der Waals surface area contributed by atoms with Crippen LogP contribution in [0.3, 0.4) is 0 Å². The zero-order chi connectivity index (χ0) is 12.6. The predicted octanol–water partition coefficient (Wildman–Crippen LogP) is 1.92. The van der Waals surface area contributed by atoms with Crippen LogP contribution >= 0.6 is 0 Å². The molecule has 0 bridgehead atoms. The minimum Gasteiger partial charge on any atom is -0.382 e. The van der Waals surface area contributed by atoms with E-state index >= 15 is 0 Å². The third kappa shape index (κ3) is 1.91. The van der Waals surface area contributed by atoms with E-state index in [1.807, 2.05) is 0 Å². The van der Waals surface area contributed by atoms with Gasteiger partial charge >= 0.3 is 0 Å². The normalized spacial score (nSPS) is 12.8. The number of aliphatic hydroxyl groups is 1. The first kappa shape index (κ1) is 11.7. The van der Waals surface area contributed by atoms with Gasteiger partial charge in [0.1, 0.15) is 6.10 Å². The zero-order valence-corrected chi connectivity index (χ0v) is 8.86. The fraction of sp³-hybridized carbons (Fsp3) is 0.182. The molecule has 0 aliphatic heterocycles. The van der Waals surface area contributed by atoms with Crippen LogP contribution in [0, 0.1) is 17.5 Å². The monoisotopic (exact) mass is 242 g/mol. The minimum absolute atomic E-state index is 0.287. The molecule has 0 radical (unpaired) electrons. The third-order valence-electron chi connectivity index (χ3n) is 2.49. The highest BCUT2D eigenvalue weighted by molar-refractivity contribution is 5.28. The van der Waals surface area contributed by atoms with Crippen LogP contribution < -0.4 is 0 Å². The summed E-state index contributed by atoms with van der Waals surface area (Å²) in [5.74, 6) is -4.27. The third-order valence-corrected chi connectivity index (χ3v) is 2.49. The van der Waals surface area contributed by atoms with Gasteiger partial charge in [0.15, 0.2) is 17.5 Å². The van der Waals surface area contributed by atoms with Gasteiger partial charge in [-0.15, -0.1) is 0 Å². The maximum atomic E-state index is 13.4. The molecule has 1 heterocycles. The molecule has 1 unspecified atom stereocenters. The number of aliphatic hydroxyl groups excluding tert-OH is 1. The first-order valence-corrected chi connectivity index (χ1v) is 4.80. The molecule has 2 rings (SSSR count). The van der Waals surface area contributed by atoms with Crippen molar-refractivity contribution in [2.24, 2.45) is 7.05 Å². The van der Waals surface area contributed by atoms with Crippen molar-refractivity contribution < 1.29 is 18.3 Å². The fourth-order valence-electron chi connectivity index (χ4n) is 1.54. The Morgan fingerprint density at radius 2 is 1.94 bits per heavy atom. The highest BCUT2D eigenvalue weighted by Gasteiger charge is 2.22. The quantitative estimate of drug-likeness (QED) is 0.817. The number of halogens is 3. The van der Waals surface area contributed by atoms with Gasteiger partial charge in [0, 0.05) is 12.6 Å². The molecule has 0 saturated heterocycles. The van der Waals surface area contributed by atoms with Crippen molar-refractivity contribution in [3.63, 3.8) is 0 Å². The first-order chi connectivity index (χ1) is 8.02. The van der Waals surface area contributed by atoms with Crippen LogP contribution in [0.15, 0.2) is 24.7 Å². The predicted molar refractivity (Wildman–Crippen MR) is 53.6 cm³/mol. The van der Waals surface area contributed by atoms with Crippen LogP contribution in [-0.2, 0) is 7.05 Å². The van der Waals surface area contributed by atoms with Gasteiger partial charge in [0.2, 0.25) is 0 Å². The Morgan fingerprint density at radius 1 is 1.24 bits per heavy atom. The van der Waals surface area contributed by atoms with E-state index in [-0.39, 0.29) is 11.3 Å². The van der Waals surface area contributed by atoms with Crippen LogP contribution in [0.5, 0.6) is 0 Å². The van der Waals surface area contributed by atoms with Crippen molar-refractivity contribution in [3.05, 3.63) is 53.4 Å². The summed E-state index contributed by atoms with van der Waals surface area (Å²) >= 11 is 0. The van der Waals surface area contributed by atoms with Gasteiger partial charge in [-0.3, -0.25) is 0 Å². The molecule has 0 amide bonds. The van der Waals surface area contributed by atoms with Gasteiger partial charge in [0.25, 0.3) is 0 Å². The number of hydrogen-bond acceptors (Lipinski definition) is 2. The molecule has 0 spiro atoms. The molecule has 0 fully saturated rings. The summed E-state index contributed by atoms with van der Waals surface area (Å²) in [7, 11) is 1.60. The van der Waals surface area contributed by atoms with Crippen LogP contribution in [0.4, 0.5) is 13.2 Å². The fourth-order valence-corrected chi connectivity index (χ4v) is 1.54. The first-order valence-electron chi connectivity index (χ1n) is 4.80. The number of benzene rings is 1. The van der Waals surface area contributed by atoms with E-state index in [1.165, 1.54) is 17.1 Å². The molecule has 0 aliphatic rings. The van der Waals surface area contributed by atoms with Crippen molar-refractivity contribution >= 4 is 0 Å². The van der Waals surface area contributed by atoms with E-state index in [2.05, 4.69) is 4.98 Å². The molecule has 17 heavy (non-hydrogen) atoms. The molecule has 90 valence electrons. The second kappa shape index (κ2) is 4.21. The number of aryl methyl sites for hydroxylation is 1. The lowest BCUT2D eigenvalue weighted by Crippen LogP contribution is -2.09. The van der Waals surface area contributed by atoms with E-state index in [0.29, 0.717) is 0 Å². The Bertz CT molecular complexity index is 554. The lowest BCUT2D eigenvalue weighted by molar-refractivity contribution is 0.204. The smallest absolute Gasteiger partial charge is 0.194 e. The minimum atomic E-state index is -1.59.